The Labute approximate surface area is 120 Å². The second-order valence-electron chi connectivity index (χ2n) is 6.43. The van der Waals surface area contributed by atoms with Crippen molar-refractivity contribution in [2.24, 2.45) is 17.8 Å². The second-order valence-corrected chi connectivity index (χ2v) is 8.13. The number of rotatable bonds is 6. The molecule has 1 saturated carbocycles. The van der Waals surface area contributed by atoms with Crippen molar-refractivity contribution in [1.82, 2.24) is 9.03 Å². The molecule has 1 heterocycles. The van der Waals surface area contributed by atoms with Gasteiger partial charge in [-0.15, -0.1) is 0 Å². The number of aliphatic carboxylic acids is 1. The first-order valence-corrected chi connectivity index (χ1v) is 8.71. The molecule has 3 unspecified atom stereocenters. The van der Waals surface area contributed by atoms with Crippen LogP contribution in [0.1, 0.15) is 39.5 Å². The molecule has 0 amide bonds. The monoisotopic (exact) mass is 304 g/mol. The minimum Gasteiger partial charge on any atom is -0.481 e. The van der Waals surface area contributed by atoms with Crippen molar-refractivity contribution < 1.29 is 18.3 Å². The van der Waals surface area contributed by atoms with Crippen LogP contribution < -0.4 is 4.72 Å². The minimum atomic E-state index is -3.58. The van der Waals surface area contributed by atoms with E-state index < -0.39 is 22.2 Å². The first-order chi connectivity index (χ1) is 9.28. The summed E-state index contributed by atoms with van der Waals surface area (Å²) >= 11 is 0. The maximum atomic E-state index is 12.4. The van der Waals surface area contributed by atoms with E-state index in [1.165, 1.54) is 4.31 Å². The zero-order valence-electron chi connectivity index (χ0n) is 12.1. The lowest BCUT2D eigenvalue weighted by Crippen LogP contribution is -2.51. The largest absolute Gasteiger partial charge is 0.481 e. The number of piperidine rings is 1. The molecule has 2 N–H and O–H groups in total. The third-order valence-corrected chi connectivity index (χ3v) is 5.64. The maximum absolute atomic E-state index is 12.4. The van der Waals surface area contributed by atoms with Gasteiger partial charge in [0.15, 0.2) is 0 Å². The van der Waals surface area contributed by atoms with Gasteiger partial charge >= 0.3 is 5.97 Å². The lowest BCUT2D eigenvalue weighted by atomic mass is 9.94. The van der Waals surface area contributed by atoms with Crippen LogP contribution in [0.4, 0.5) is 0 Å². The highest BCUT2D eigenvalue weighted by Crippen LogP contribution is 2.34. The summed E-state index contributed by atoms with van der Waals surface area (Å²) in [7, 11) is -3.58. The molecule has 1 aliphatic heterocycles. The van der Waals surface area contributed by atoms with Crippen molar-refractivity contribution in [2.75, 3.05) is 13.1 Å². The molecule has 20 heavy (non-hydrogen) atoms. The van der Waals surface area contributed by atoms with E-state index in [1.807, 2.05) is 13.8 Å². The van der Waals surface area contributed by atoms with Gasteiger partial charge in [-0.25, -0.2) is 0 Å². The van der Waals surface area contributed by atoms with Crippen LogP contribution in [0.15, 0.2) is 0 Å². The third-order valence-electron chi connectivity index (χ3n) is 4.06. The van der Waals surface area contributed by atoms with Crippen LogP contribution >= 0.6 is 0 Å². The van der Waals surface area contributed by atoms with Gasteiger partial charge in [0.2, 0.25) is 0 Å². The fraction of sp³-hybridized carbons (Fsp3) is 0.923. The number of nitrogens with zero attached hydrogens (tertiary/aromatic N) is 1. The van der Waals surface area contributed by atoms with Gasteiger partial charge in [-0.05, 0) is 37.0 Å². The van der Waals surface area contributed by atoms with E-state index in [0.29, 0.717) is 24.9 Å². The molecule has 0 spiro atoms. The Kier molecular flexibility index (Phi) is 4.71. The summed E-state index contributed by atoms with van der Waals surface area (Å²) in [6, 6.07) is -0.468. The number of carbonyl (C=O) groups is 1. The van der Waals surface area contributed by atoms with Gasteiger partial charge in [-0.2, -0.15) is 17.4 Å². The summed E-state index contributed by atoms with van der Waals surface area (Å²) in [5.41, 5.74) is 0. The molecule has 1 aliphatic carbocycles. The van der Waals surface area contributed by atoms with Crippen LogP contribution in [0, 0.1) is 17.8 Å². The lowest BCUT2D eigenvalue weighted by Gasteiger charge is -2.35. The molecule has 0 radical (unpaired) electrons. The van der Waals surface area contributed by atoms with E-state index in [2.05, 4.69) is 4.72 Å². The number of carboxylic acids is 1. The number of nitrogens with one attached hydrogen (secondary N) is 1. The molecule has 3 atom stereocenters. The van der Waals surface area contributed by atoms with E-state index in [9.17, 15) is 13.2 Å². The number of carboxylic acid groups (broad SMARTS) is 1. The maximum Gasteiger partial charge on any atom is 0.304 e. The molecule has 0 aromatic heterocycles. The van der Waals surface area contributed by atoms with E-state index in [1.54, 1.807) is 0 Å². The Morgan fingerprint density at radius 3 is 2.30 bits per heavy atom. The zero-order chi connectivity index (χ0) is 14.9. The van der Waals surface area contributed by atoms with Gasteiger partial charge in [0.05, 0.1) is 6.42 Å². The molecule has 116 valence electrons. The molecule has 6 nitrogen and oxygen atoms in total. The van der Waals surface area contributed by atoms with Crippen molar-refractivity contribution in [3.63, 3.8) is 0 Å². The molecule has 1 saturated heterocycles. The van der Waals surface area contributed by atoms with Crippen molar-refractivity contribution in [1.29, 1.82) is 0 Å². The predicted octanol–water partition coefficient (Wildman–Crippen LogP) is 1.05. The van der Waals surface area contributed by atoms with Crippen LogP contribution in [0.25, 0.3) is 0 Å². The molecule has 0 bridgehead atoms. The first kappa shape index (κ1) is 15.7. The van der Waals surface area contributed by atoms with Gasteiger partial charge in [0, 0.05) is 19.1 Å². The molecular weight excluding hydrogens is 280 g/mol. The standard InChI is InChI=1S/C13H24N2O4S/c1-9-5-10(2)8-15(7-9)20(18,19)14-12(6-13(16)17)11-3-4-11/h9-12,14H,3-8H2,1-2H3,(H,16,17). The van der Waals surface area contributed by atoms with Crippen LogP contribution in [0.5, 0.6) is 0 Å². The number of hydrogen-bond acceptors (Lipinski definition) is 3. The Morgan fingerprint density at radius 2 is 1.85 bits per heavy atom. The first-order valence-electron chi connectivity index (χ1n) is 7.27. The summed E-state index contributed by atoms with van der Waals surface area (Å²) in [5, 5.41) is 8.90. The minimum absolute atomic E-state index is 0.136. The lowest BCUT2D eigenvalue weighted by molar-refractivity contribution is -0.137. The second kappa shape index (κ2) is 5.99. The fourth-order valence-electron chi connectivity index (χ4n) is 3.06. The van der Waals surface area contributed by atoms with Gasteiger partial charge in [-0.3, -0.25) is 4.79 Å². The Morgan fingerprint density at radius 1 is 1.30 bits per heavy atom. The summed E-state index contributed by atoms with van der Waals surface area (Å²) in [5.74, 6) is -0.0890. The third kappa shape index (κ3) is 4.17. The van der Waals surface area contributed by atoms with E-state index >= 15 is 0 Å². The summed E-state index contributed by atoms with van der Waals surface area (Å²) in [4.78, 5) is 10.9. The van der Waals surface area contributed by atoms with Crippen LogP contribution in [0.2, 0.25) is 0 Å². The van der Waals surface area contributed by atoms with Crippen molar-refractivity contribution >= 4 is 16.2 Å². The highest BCUT2D eigenvalue weighted by molar-refractivity contribution is 7.87. The zero-order valence-corrected chi connectivity index (χ0v) is 12.9. The van der Waals surface area contributed by atoms with E-state index in [0.717, 1.165) is 19.3 Å². The smallest absolute Gasteiger partial charge is 0.304 e. The van der Waals surface area contributed by atoms with Crippen molar-refractivity contribution in [2.45, 2.75) is 45.6 Å². The molecule has 2 rings (SSSR count). The topological polar surface area (TPSA) is 86.7 Å². The van der Waals surface area contributed by atoms with Crippen molar-refractivity contribution in [3.05, 3.63) is 0 Å². The number of hydrogen-bond donors (Lipinski definition) is 2. The summed E-state index contributed by atoms with van der Waals surface area (Å²) in [6.45, 7) is 5.13. The Bertz CT molecular complexity index is 451. The van der Waals surface area contributed by atoms with E-state index in [-0.39, 0.29) is 12.3 Å². The molecule has 2 fully saturated rings. The van der Waals surface area contributed by atoms with Gasteiger partial charge in [0.1, 0.15) is 0 Å². The Balaban J connectivity index is 2.03. The molecular formula is C13H24N2O4S. The Hall–Kier alpha value is -0.660. The SMILES string of the molecule is CC1CC(C)CN(S(=O)(=O)NC(CC(=O)O)C2CC2)C1. The molecule has 0 aromatic carbocycles. The van der Waals surface area contributed by atoms with Crippen LogP contribution in [0.3, 0.4) is 0 Å². The molecule has 0 aromatic rings. The highest BCUT2D eigenvalue weighted by atomic mass is 32.2. The van der Waals surface area contributed by atoms with E-state index in [4.69, 9.17) is 5.11 Å². The van der Waals surface area contributed by atoms with Gasteiger partial charge < -0.3 is 5.11 Å². The normalized spacial score (nSPS) is 30.1. The average Bonchev–Trinajstić information content (AvgIpc) is 3.09. The summed E-state index contributed by atoms with van der Waals surface area (Å²) in [6.07, 6.45) is 2.72. The average molecular weight is 304 g/mol. The molecule has 2 aliphatic rings. The fourth-order valence-corrected chi connectivity index (χ4v) is 4.77. The highest BCUT2D eigenvalue weighted by Gasteiger charge is 2.38. The van der Waals surface area contributed by atoms with Crippen LogP contribution in [-0.4, -0.2) is 42.9 Å². The van der Waals surface area contributed by atoms with Gasteiger partial charge in [-0.1, -0.05) is 13.8 Å². The predicted molar refractivity (Wildman–Crippen MR) is 75.3 cm³/mol. The van der Waals surface area contributed by atoms with Crippen LogP contribution in [-0.2, 0) is 15.0 Å². The quantitative estimate of drug-likeness (QED) is 0.768. The molecule has 7 heteroatoms. The summed E-state index contributed by atoms with van der Waals surface area (Å²) < 4.78 is 28.9. The van der Waals surface area contributed by atoms with Gasteiger partial charge in [0.25, 0.3) is 10.2 Å². The van der Waals surface area contributed by atoms with Crippen molar-refractivity contribution in [3.8, 4) is 0 Å².